The van der Waals surface area contributed by atoms with E-state index in [4.69, 9.17) is 4.74 Å². The van der Waals surface area contributed by atoms with Crippen molar-refractivity contribution in [2.75, 3.05) is 19.4 Å². The van der Waals surface area contributed by atoms with Crippen LogP contribution in [-0.2, 0) is 4.74 Å². The van der Waals surface area contributed by atoms with Gasteiger partial charge in [0, 0.05) is 17.9 Å². The van der Waals surface area contributed by atoms with Crippen molar-refractivity contribution in [2.24, 2.45) is 0 Å². The maximum atomic E-state index is 5.94. The predicted octanol–water partition coefficient (Wildman–Crippen LogP) is 2.82. The van der Waals surface area contributed by atoms with Crippen LogP contribution in [0.4, 0.5) is 0 Å². The molecule has 2 nitrogen and oxygen atoms in total. The van der Waals surface area contributed by atoms with Crippen LogP contribution in [0.2, 0.25) is 0 Å². The Morgan fingerprint density at radius 3 is 2.94 bits per heavy atom. The summed E-state index contributed by atoms with van der Waals surface area (Å²) in [6, 6.07) is 0.711. The van der Waals surface area contributed by atoms with Gasteiger partial charge in [-0.1, -0.05) is 6.92 Å². The normalized spacial score (nSPS) is 30.0. The Morgan fingerprint density at radius 2 is 2.31 bits per heavy atom. The third-order valence-electron chi connectivity index (χ3n) is 4.14. The van der Waals surface area contributed by atoms with E-state index in [-0.39, 0.29) is 0 Å². The molecule has 1 N–H and O–H groups in total. The molecule has 0 aromatic heterocycles. The number of nitrogens with one attached hydrogen (secondary N) is 1. The van der Waals surface area contributed by atoms with E-state index < -0.39 is 0 Å². The highest BCUT2D eigenvalue weighted by Crippen LogP contribution is 2.42. The van der Waals surface area contributed by atoms with Crippen LogP contribution in [0.15, 0.2) is 0 Å². The molecule has 94 valence electrons. The van der Waals surface area contributed by atoms with Gasteiger partial charge >= 0.3 is 0 Å². The van der Waals surface area contributed by atoms with Crippen molar-refractivity contribution in [3.63, 3.8) is 0 Å². The molecule has 1 aliphatic carbocycles. The largest absolute Gasteiger partial charge is 0.375 e. The zero-order chi connectivity index (χ0) is 11.4. The number of hydrogen-bond acceptors (Lipinski definition) is 3. The number of rotatable bonds is 5. The van der Waals surface area contributed by atoms with Gasteiger partial charge in [-0.05, 0) is 51.3 Å². The Kier molecular flexibility index (Phi) is 4.57. The fourth-order valence-electron chi connectivity index (χ4n) is 2.73. The van der Waals surface area contributed by atoms with Crippen molar-refractivity contribution in [1.82, 2.24) is 5.32 Å². The van der Waals surface area contributed by atoms with Crippen LogP contribution in [0.25, 0.3) is 0 Å². The average Bonchev–Trinajstić information content (AvgIpc) is 2.27. The lowest BCUT2D eigenvalue weighted by Gasteiger charge is -2.47. The first-order valence-corrected chi connectivity index (χ1v) is 7.93. The minimum Gasteiger partial charge on any atom is -0.375 e. The number of ether oxygens (including phenoxy) is 1. The number of hydrogen-bond donors (Lipinski definition) is 1. The first kappa shape index (κ1) is 12.7. The van der Waals surface area contributed by atoms with Crippen molar-refractivity contribution in [1.29, 1.82) is 0 Å². The van der Waals surface area contributed by atoms with Gasteiger partial charge in [-0.15, -0.1) is 0 Å². The minimum atomic E-state index is 0.293. The van der Waals surface area contributed by atoms with Gasteiger partial charge in [-0.3, -0.25) is 0 Å². The predicted molar refractivity (Wildman–Crippen MR) is 71.2 cm³/mol. The van der Waals surface area contributed by atoms with Crippen molar-refractivity contribution in [3.8, 4) is 0 Å². The van der Waals surface area contributed by atoms with E-state index in [9.17, 15) is 0 Å². The first-order chi connectivity index (χ1) is 7.74. The summed E-state index contributed by atoms with van der Waals surface area (Å²) in [4.78, 5) is 0. The van der Waals surface area contributed by atoms with Gasteiger partial charge in [0.15, 0.2) is 0 Å². The summed E-state index contributed by atoms with van der Waals surface area (Å²) in [6.45, 7) is 4.45. The SMILES string of the molecule is CSC(C)CCNC1CCOC2(CCC2)C1. The molecule has 1 spiro atoms. The Balaban J connectivity index is 1.65. The van der Waals surface area contributed by atoms with E-state index in [1.165, 1.54) is 45.1 Å². The highest BCUT2D eigenvalue weighted by molar-refractivity contribution is 7.99. The molecule has 0 aromatic carbocycles. The summed E-state index contributed by atoms with van der Waals surface area (Å²) in [5.41, 5.74) is 0.293. The van der Waals surface area contributed by atoms with Gasteiger partial charge in [0.2, 0.25) is 0 Å². The zero-order valence-corrected chi connectivity index (χ0v) is 11.4. The molecule has 2 aliphatic rings. The second-order valence-corrected chi connectivity index (χ2v) is 6.64. The zero-order valence-electron chi connectivity index (χ0n) is 10.6. The Morgan fingerprint density at radius 1 is 1.50 bits per heavy atom. The van der Waals surface area contributed by atoms with Crippen molar-refractivity contribution >= 4 is 11.8 Å². The molecular weight excluding hydrogens is 218 g/mol. The highest BCUT2D eigenvalue weighted by Gasteiger charge is 2.42. The lowest BCUT2D eigenvalue weighted by molar-refractivity contribution is -0.135. The molecule has 2 unspecified atom stereocenters. The lowest BCUT2D eigenvalue weighted by atomic mass is 9.74. The standard InChI is InChI=1S/C13H25NOS/c1-11(16-2)4-8-14-12-5-9-15-13(10-12)6-3-7-13/h11-12,14H,3-10H2,1-2H3. The van der Waals surface area contributed by atoms with Crippen molar-refractivity contribution < 1.29 is 4.74 Å². The molecule has 0 radical (unpaired) electrons. The van der Waals surface area contributed by atoms with Crippen LogP contribution in [-0.4, -0.2) is 36.3 Å². The molecule has 1 aliphatic heterocycles. The Bertz CT molecular complexity index is 218. The van der Waals surface area contributed by atoms with Gasteiger partial charge < -0.3 is 10.1 Å². The van der Waals surface area contributed by atoms with E-state index in [1.807, 2.05) is 11.8 Å². The van der Waals surface area contributed by atoms with E-state index in [1.54, 1.807) is 0 Å². The van der Waals surface area contributed by atoms with E-state index in [2.05, 4.69) is 18.5 Å². The number of thioether (sulfide) groups is 1. The molecule has 2 fully saturated rings. The van der Waals surface area contributed by atoms with Crippen molar-refractivity contribution in [2.45, 2.75) is 62.3 Å². The van der Waals surface area contributed by atoms with E-state index >= 15 is 0 Å². The van der Waals surface area contributed by atoms with E-state index in [0.717, 1.165) is 11.9 Å². The van der Waals surface area contributed by atoms with Crippen LogP contribution in [0.1, 0.15) is 45.4 Å². The van der Waals surface area contributed by atoms with Crippen LogP contribution < -0.4 is 5.32 Å². The summed E-state index contributed by atoms with van der Waals surface area (Å²) in [6.07, 6.45) is 9.90. The molecule has 1 saturated carbocycles. The third-order valence-corrected chi connectivity index (χ3v) is 5.18. The molecule has 2 atom stereocenters. The minimum absolute atomic E-state index is 0.293. The van der Waals surface area contributed by atoms with Gasteiger partial charge in [-0.2, -0.15) is 11.8 Å². The quantitative estimate of drug-likeness (QED) is 0.802. The average molecular weight is 243 g/mol. The van der Waals surface area contributed by atoms with Gasteiger partial charge in [0.05, 0.1) is 5.60 Å². The molecule has 3 heteroatoms. The summed E-state index contributed by atoms with van der Waals surface area (Å²) in [7, 11) is 0. The smallest absolute Gasteiger partial charge is 0.0697 e. The van der Waals surface area contributed by atoms with Crippen LogP contribution in [0.5, 0.6) is 0 Å². The van der Waals surface area contributed by atoms with Crippen LogP contribution >= 0.6 is 11.8 Å². The van der Waals surface area contributed by atoms with E-state index in [0.29, 0.717) is 11.6 Å². The molecular formula is C13H25NOS. The fourth-order valence-corrected chi connectivity index (χ4v) is 3.08. The Hall–Kier alpha value is 0.270. The summed E-state index contributed by atoms with van der Waals surface area (Å²) < 4.78 is 5.94. The summed E-state index contributed by atoms with van der Waals surface area (Å²) in [5.74, 6) is 0. The molecule has 0 amide bonds. The van der Waals surface area contributed by atoms with Gasteiger partial charge in [-0.25, -0.2) is 0 Å². The molecule has 2 rings (SSSR count). The molecule has 0 aromatic rings. The van der Waals surface area contributed by atoms with Crippen LogP contribution in [0, 0.1) is 0 Å². The Labute approximate surface area is 104 Å². The molecule has 16 heavy (non-hydrogen) atoms. The molecule has 1 heterocycles. The summed E-state index contributed by atoms with van der Waals surface area (Å²) in [5, 5.41) is 4.50. The fraction of sp³-hybridized carbons (Fsp3) is 1.00. The molecule has 0 bridgehead atoms. The maximum Gasteiger partial charge on any atom is 0.0697 e. The lowest BCUT2D eigenvalue weighted by Crippen LogP contribution is -2.51. The topological polar surface area (TPSA) is 21.3 Å². The molecule has 1 saturated heterocycles. The second kappa shape index (κ2) is 5.74. The van der Waals surface area contributed by atoms with Crippen molar-refractivity contribution in [3.05, 3.63) is 0 Å². The summed E-state index contributed by atoms with van der Waals surface area (Å²) >= 11 is 1.96. The first-order valence-electron chi connectivity index (χ1n) is 6.64. The third kappa shape index (κ3) is 3.14. The van der Waals surface area contributed by atoms with Gasteiger partial charge in [0.1, 0.15) is 0 Å². The van der Waals surface area contributed by atoms with Gasteiger partial charge in [0.25, 0.3) is 0 Å². The highest BCUT2D eigenvalue weighted by atomic mass is 32.2. The monoisotopic (exact) mass is 243 g/mol. The maximum absolute atomic E-state index is 5.94. The van der Waals surface area contributed by atoms with Crippen LogP contribution in [0.3, 0.4) is 0 Å². The second-order valence-electron chi connectivity index (χ2n) is 5.36.